The number of hydrogen-bond donors (Lipinski definition) is 1. The zero-order valence-corrected chi connectivity index (χ0v) is 20.8. The van der Waals surface area contributed by atoms with Crippen LogP contribution < -0.4 is 5.32 Å². The van der Waals surface area contributed by atoms with Gasteiger partial charge in [-0.1, -0.05) is 30.3 Å². The number of nitrogens with zero attached hydrogens (tertiary/aromatic N) is 4. The first-order valence-corrected chi connectivity index (χ1v) is 12.8. The monoisotopic (exact) mass is 537 g/mol. The van der Waals surface area contributed by atoms with Crippen LogP contribution in [0.4, 0.5) is 19.1 Å². The lowest BCUT2D eigenvalue weighted by Crippen LogP contribution is -2.38. The first-order chi connectivity index (χ1) is 18.3. The zero-order chi connectivity index (χ0) is 26.7. The Morgan fingerprint density at radius 3 is 2.32 bits per heavy atom. The first kappa shape index (κ1) is 25.5. The van der Waals surface area contributed by atoms with Gasteiger partial charge in [0.2, 0.25) is 5.95 Å². The summed E-state index contributed by atoms with van der Waals surface area (Å²) < 4.78 is 38.9. The summed E-state index contributed by atoms with van der Waals surface area (Å²) in [5.41, 5.74) is 1.14. The summed E-state index contributed by atoms with van der Waals surface area (Å²) in [5, 5.41) is 5.15. The lowest BCUT2D eigenvalue weighted by molar-refractivity contribution is -0.137. The van der Waals surface area contributed by atoms with E-state index in [2.05, 4.69) is 20.3 Å². The number of aromatic nitrogens is 3. The Hall–Kier alpha value is -4.12. The Labute approximate surface area is 220 Å². The van der Waals surface area contributed by atoms with Crippen LogP contribution in [0.3, 0.4) is 0 Å². The maximum atomic E-state index is 13.4. The molecule has 5 rings (SSSR count). The largest absolute Gasteiger partial charge is 0.416 e. The van der Waals surface area contributed by atoms with E-state index >= 15 is 0 Å². The number of hydrogen-bond acceptors (Lipinski definition) is 6. The standard InChI is InChI=1S/C27H22F3N5O2S/c28-27(29,30)19-8-6-17(7-9-19)20-4-1-2-5-21(20)25(37)35-14-10-18(11-15-35)24-33-22(16-38-24)23(36)34-26-31-12-3-13-32-26/h1-9,12-13,16,18H,10-11,14-15H2,(H,31,32,34,36). The van der Waals surface area contributed by atoms with Gasteiger partial charge in [-0.15, -0.1) is 11.3 Å². The smallest absolute Gasteiger partial charge is 0.339 e. The van der Waals surface area contributed by atoms with E-state index in [0.29, 0.717) is 48.3 Å². The van der Waals surface area contributed by atoms with E-state index in [1.165, 1.54) is 35.9 Å². The summed E-state index contributed by atoms with van der Waals surface area (Å²) in [4.78, 5) is 40.1. The number of amides is 2. The number of piperidine rings is 1. The third kappa shape index (κ3) is 5.57. The predicted octanol–water partition coefficient (Wildman–Crippen LogP) is 5.89. The molecule has 7 nitrogen and oxygen atoms in total. The van der Waals surface area contributed by atoms with Crippen LogP contribution in [-0.2, 0) is 6.18 Å². The molecule has 2 aromatic carbocycles. The second-order valence-electron chi connectivity index (χ2n) is 8.78. The maximum Gasteiger partial charge on any atom is 0.416 e. The number of carbonyl (C=O) groups excluding carboxylic acids is 2. The molecule has 0 atom stereocenters. The molecule has 194 valence electrons. The SMILES string of the molecule is O=C(Nc1ncccn1)c1csc(C2CCN(C(=O)c3ccccc3-c3ccc(C(F)(F)F)cc3)CC2)n1. The van der Waals surface area contributed by atoms with Gasteiger partial charge in [0.25, 0.3) is 11.8 Å². The molecule has 1 fully saturated rings. The number of halogens is 3. The maximum absolute atomic E-state index is 13.4. The Bertz CT molecular complexity index is 1430. The van der Waals surface area contributed by atoms with Crippen molar-refractivity contribution in [3.05, 3.63) is 94.2 Å². The van der Waals surface area contributed by atoms with E-state index in [1.54, 1.807) is 40.6 Å². The Balaban J connectivity index is 1.24. The molecule has 38 heavy (non-hydrogen) atoms. The van der Waals surface area contributed by atoms with Gasteiger partial charge >= 0.3 is 6.18 Å². The number of benzene rings is 2. The summed E-state index contributed by atoms with van der Waals surface area (Å²) >= 11 is 1.41. The van der Waals surface area contributed by atoms with Crippen LogP contribution in [0.2, 0.25) is 0 Å². The van der Waals surface area contributed by atoms with E-state index in [0.717, 1.165) is 17.1 Å². The van der Waals surface area contributed by atoms with Crippen molar-refractivity contribution < 1.29 is 22.8 Å². The number of likely N-dealkylation sites (tertiary alicyclic amines) is 1. The molecule has 0 unspecified atom stereocenters. The van der Waals surface area contributed by atoms with Crippen LogP contribution in [0.15, 0.2) is 72.4 Å². The fraction of sp³-hybridized carbons (Fsp3) is 0.222. The van der Waals surface area contributed by atoms with Gasteiger partial charge in [-0.3, -0.25) is 14.9 Å². The van der Waals surface area contributed by atoms with Gasteiger partial charge in [0.1, 0.15) is 5.69 Å². The molecule has 1 aliphatic heterocycles. The number of thiazole rings is 1. The zero-order valence-electron chi connectivity index (χ0n) is 20.0. The number of alkyl halides is 3. The highest BCUT2D eigenvalue weighted by Crippen LogP contribution is 2.34. The number of carbonyl (C=O) groups is 2. The van der Waals surface area contributed by atoms with Gasteiger partial charge in [-0.25, -0.2) is 15.0 Å². The molecule has 0 spiro atoms. The van der Waals surface area contributed by atoms with Crippen molar-refractivity contribution in [1.29, 1.82) is 0 Å². The topological polar surface area (TPSA) is 88.1 Å². The van der Waals surface area contributed by atoms with Crippen LogP contribution in [0.1, 0.15) is 50.2 Å². The lowest BCUT2D eigenvalue weighted by atomic mass is 9.94. The molecule has 0 saturated carbocycles. The third-order valence-corrected chi connectivity index (χ3v) is 7.37. The molecular formula is C27H22F3N5O2S. The van der Waals surface area contributed by atoms with Crippen molar-refractivity contribution in [3.8, 4) is 11.1 Å². The average molecular weight is 538 g/mol. The minimum Gasteiger partial charge on any atom is -0.339 e. The molecule has 0 bridgehead atoms. The van der Waals surface area contributed by atoms with E-state index < -0.39 is 11.7 Å². The van der Waals surface area contributed by atoms with E-state index in [1.807, 2.05) is 0 Å². The first-order valence-electron chi connectivity index (χ1n) is 11.9. The Morgan fingerprint density at radius 2 is 1.63 bits per heavy atom. The molecule has 3 heterocycles. The number of nitrogens with one attached hydrogen (secondary N) is 1. The molecule has 2 aromatic heterocycles. The van der Waals surface area contributed by atoms with Crippen LogP contribution >= 0.6 is 11.3 Å². The van der Waals surface area contributed by atoms with Crippen molar-refractivity contribution in [3.63, 3.8) is 0 Å². The van der Waals surface area contributed by atoms with E-state index in [-0.39, 0.29) is 23.7 Å². The summed E-state index contributed by atoms with van der Waals surface area (Å²) in [5.74, 6) is -0.230. The minimum atomic E-state index is -4.42. The Morgan fingerprint density at radius 1 is 0.947 bits per heavy atom. The second-order valence-corrected chi connectivity index (χ2v) is 9.67. The van der Waals surface area contributed by atoms with Gasteiger partial charge < -0.3 is 4.90 Å². The van der Waals surface area contributed by atoms with Gasteiger partial charge in [0, 0.05) is 42.3 Å². The quantitative estimate of drug-likeness (QED) is 0.343. The van der Waals surface area contributed by atoms with Crippen molar-refractivity contribution in [1.82, 2.24) is 19.9 Å². The predicted molar refractivity (Wildman–Crippen MR) is 137 cm³/mol. The van der Waals surface area contributed by atoms with Crippen molar-refractivity contribution in [2.75, 3.05) is 18.4 Å². The van der Waals surface area contributed by atoms with Gasteiger partial charge in [-0.2, -0.15) is 13.2 Å². The molecule has 11 heteroatoms. The van der Waals surface area contributed by atoms with Gasteiger partial charge in [-0.05, 0) is 48.2 Å². The highest BCUT2D eigenvalue weighted by Gasteiger charge is 2.31. The van der Waals surface area contributed by atoms with Crippen LogP contribution in [0, 0.1) is 0 Å². The summed E-state index contributed by atoms with van der Waals surface area (Å²) in [6, 6.07) is 13.4. The molecule has 1 saturated heterocycles. The Kier molecular flexibility index (Phi) is 7.19. The molecule has 1 N–H and O–H groups in total. The summed E-state index contributed by atoms with van der Waals surface area (Å²) in [7, 11) is 0. The molecule has 4 aromatic rings. The lowest BCUT2D eigenvalue weighted by Gasteiger charge is -2.31. The fourth-order valence-corrected chi connectivity index (χ4v) is 5.34. The molecule has 0 aliphatic carbocycles. The highest BCUT2D eigenvalue weighted by molar-refractivity contribution is 7.10. The number of rotatable bonds is 5. The van der Waals surface area contributed by atoms with E-state index in [9.17, 15) is 22.8 Å². The van der Waals surface area contributed by atoms with Crippen LogP contribution in [0.5, 0.6) is 0 Å². The minimum absolute atomic E-state index is 0.115. The van der Waals surface area contributed by atoms with Crippen molar-refractivity contribution in [2.24, 2.45) is 0 Å². The number of anilines is 1. The third-order valence-electron chi connectivity index (χ3n) is 6.36. The molecule has 2 amide bonds. The average Bonchev–Trinajstić information content (AvgIpc) is 3.44. The molecule has 0 radical (unpaired) electrons. The fourth-order valence-electron chi connectivity index (χ4n) is 4.37. The van der Waals surface area contributed by atoms with Gasteiger partial charge in [0.05, 0.1) is 10.6 Å². The normalized spacial score (nSPS) is 14.3. The van der Waals surface area contributed by atoms with Crippen molar-refractivity contribution >= 4 is 29.1 Å². The highest BCUT2D eigenvalue weighted by atomic mass is 32.1. The molecular weight excluding hydrogens is 515 g/mol. The van der Waals surface area contributed by atoms with Gasteiger partial charge in [0.15, 0.2) is 0 Å². The van der Waals surface area contributed by atoms with Crippen molar-refractivity contribution in [2.45, 2.75) is 24.9 Å². The van der Waals surface area contributed by atoms with Crippen LogP contribution in [0.25, 0.3) is 11.1 Å². The second kappa shape index (κ2) is 10.7. The van der Waals surface area contributed by atoms with E-state index in [4.69, 9.17) is 0 Å². The summed E-state index contributed by atoms with van der Waals surface area (Å²) in [6.45, 7) is 1.01. The molecule has 1 aliphatic rings. The van der Waals surface area contributed by atoms with Crippen LogP contribution in [-0.4, -0.2) is 44.8 Å². The summed E-state index contributed by atoms with van der Waals surface area (Å²) in [6.07, 6.45) is 0.0177.